The quantitative estimate of drug-likeness (QED) is 0.677. The summed E-state index contributed by atoms with van der Waals surface area (Å²) in [5.74, 6) is 1.55. The Kier molecular flexibility index (Phi) is 5.28. The zero-order chi connectivity index (χ0) is 19.5. The molecule has 2 aromatic heterocycles. The summed E-state index contributed by atoms with van der Waals surface area (Å²) in [7, 11) is 0. The molecule has 4 rings (SSSR count). The molecule has 0 bridgehead atoms. The highest BCUT2D eigenvalue weighted by Gasteiger charge is 2.31. The van der Waals surface area contributed by atoms with E-state index in [1.54, 1.807) is 10.9 Å². The van der Waals surface area contributed by atoms with Crippen LogP contribution in [0.4, 0.5) is 0 Å². The molecule has 0 aliphatic carbocycles. The number of benzene rings is 1. The Morgan fingerprint density at radius 3 is 2.79 bits per heavy atom. The third kappa shape index (κ3) is 4.01. The topological polar surface area (TPSA) is 64.2 Å². The van der Waals surface area contributed by atoms with E-state index >= 15 is 0 Å². The van der Waals surface area contributed by atoms with E-state index < -0.39 is 0 Å². The summed E-state index contributed by atoms with van der Waals surface area (Å²) in [4.78, 5) is 19.4. The predicted molar refractivity (Wildman–Crippen MR) is 106 cm³/mol. The Balaban J connectivity index is 1.49. The molecule has 0 spiro atoms. The SMILES string of the molecule is Cc1cc(C)n(CC(=O)N2CCCCC2c2ncc(Cc3ccccc3)o2)n1. The van der Waals surface area contributed by atoms with Gasteiger partial charge in [-0.15, -0.1) is 0 Å². The van der Waals surface area contributed by atoms with Crippen molar-refractivity contribution in [2.24, 2.45) is 0 Å². The van der Waals surface area contributed by atoms with E-state index in [0.29, 0.717) is 12.3 Å². The number of oxazole rings is 1. The van der Waals surface area contributed by atoms with Crippen LogP contribution in [0, 0.1) is 13.8 Å². The molecule has 0 saturated carbocycles. The second-order valence-electron chi connectivity index (χ2n) is 7.51. The number of nitrogens with zero attached hydrogens (tertiary/aromatic N) is 4. The Bertz CT molecular complexity index is 945. The van der Waals surface area contributed by atoms with Gasteiger partial charge in [0.05, 0.1) is 11.9 Å². The molecule has 1 fully saturated rings. The van der Waals surface area contributed by atoms with E-state index in [0.717, 1.165) is 43.0 Å². The Labute approximate surface area is 165 Å². The van der Waals surface area contributed by atoms with Gasteiger partial charge in [-0.3, -0.25) is 9.48 Å². The maximum Gasteiger partial charge on any atom is 0.244 e. The van der Waals surface area contributed by atoms with Crippen LogP contribution in [-0.2, 0) is 17.8 Å². The number of hydrogen-bond acceptors (Lipinski definition) is 4. The van der Waals surface area contributed by atoms with E-state index in [4.69, 9.17) is 4.42 Å². The van der Waals surface area contributed by atoms with Crippen molar-refractivity contribution in [3.8, 4) is 0 Å². The normalized spacial score (nSPS) is 17.1. The van der Waals surface area contributed by atoms with Crippen LogP contribution in [0.15, 0.2) is 47.0 Å². The molecule has 3 heterocycles. The van der Waals surface area contributed by atoms with E-state index in [1.807, 2.05) is 43.0 Å². The summed E-state index contributed by atoms with van der Waals surface area (Å²) in [5.41, 5.74) is 3.12. The number of likely N-dealkylation sites (tertiary alicyclic amines) is 1. The molecule has 0 radical (unpaired) electrons. The summed E-state index contributed by atoms with van der Waals surface area (Å²) in [6, 6.07) is 12.1. The number of aromatic nitrogens is 3. The van der Waals surface area contributed by atoms with Gasteiger partial charge in [0, 0.05) is 18.7 Å². The minimum absolute atomic E-state index is 0.0682. The maximum absolute atomic E-state index is 13.0. The molecule has 1 amide bonds. The second-order valence-corrected chi connectivity index (χ2v) is 7.51. The minimum Gasteiger partial charge on any atom is -0.443 e. The number of hydrogen-bond donors (Lipinski definition) is 0. The summed E-state index contributed by atoms with van der Waals surface area (Å²) >= 11 is 0. The van der Waals surface area contributed by atoms with E-state index in [2.05, 4.69) is 22.2 Å². The van der Waals surface area contributed by atoms with Crippen molar-refractivity contribution in [3.63, 3.8) is 0 Å². The lowest BCUT2D eigenvalue weighted by Gasteiger charge is -2.33. The van der Waals surface area contributed by atoms with E-state index in [-0.39, 0.29) is 18.5 Å². The van der Waals surface area contributed by atoms with Gasteiger partial charge in [-0.05, 0) is 44.7 Å². The smallest absolute Gasteiger partial charge is 0.244 e. The van der Waals surface area contributed by atoms with Crippen molar-refractivity contribution in [3.05, 3.63) is 71.2 Å². The molecule has 146 valence electrons. The fourth-order valence-electron chi connectivity index (χ4n) is 3.90. The number of rotatable bonds is 5. The fourth-order valence-corrected chi connectivity index (χ4v) is 3.90. The summed E-state index contributed by atoms with van der Waals surface area (Å²) in [6.45, 7) is 4.91. The second kappa shape index (κ2) is 8.00. The van der Waals surface area contributed by atoms with Gasteiger partial charge in [-0.25, -0.2) is 4.98 Å². The zero-order valence-electron chi connectivity index (χ0n) is 16.5. The molecule has 1 saturated heterocycles. The average molecular weight is 378 g/mol. The highest BCUT2D eigenvalue weighted by atomic mass is 16.4. The van der Waals surface area contributed by atoms with Crippen molar-refractivity contribution in [1.82, 2.24) is 19.7 Å². The van der Waals surface area contributed by atoms with E-state index in [9.17, 15) is 4.79 Å². The molecule has 0 N–H and O–H groups in total. The molecule has 1 aromatic carbocycles. The molecule has 1 unspecified atom stereocenters. The molecular formula is C22H26N4O2. The average Bonchev–Trinajstić information content (AvgIpc) is 3.28. The van der Waals surface area contributed by atoms with Gasteiger partial charge in [0.15, 0.2) is 0 Å². The molecule has 6 nitrogen and oxygen atoms in total. The minimum atomic E-state index is -0.0947. The predicted octanol–water partition coefficient (Wildman–Crippen LogP) is 3.83. The van der Waals surface area contributed by atoms with Crippen LogP contribution in [0.5, 0.6) is 0 Å². The summed E-state index contributed by atoms with van der Waals surface area (Å²) in [5, 5.41) is 4.42. The number of amides is 1. The van der Waals surface area contributed by atoms with Crippen molar-refractivity contribution >= 4 is 5.91 Å². The summed E-state index contributed by atoms with van der Waals surface area (Å²) < 4.78 is 7.84. The number of carbonyl (C=O) groups excluding carboxylic acids is 1. The van der Waals surface area contributed by atoms with Gasteiger partial charge >= 0.3 is 0 Å². The number of carbonyl (C=O) groups is 1. The summed E-state index contributed by atoms with van der Waals surface area (Å²) in [6.07, 6.45) is 5.47. The largest absolute Gasteiger partial charge is 0.443 e. The molecule has 3 aromatic rings. The molecule has 28 heavy (non-hydrogen) atoms. The van der Waals surface area contributed by atoms with Gasteiger partial charge in [-0.2, -0.15) is 5.10 Å². The van der Waals surface area contributed by atoms with Gasteiger partial charge in [-0.1, -0.05) is 30.3 Å². The highest BCUT2D eigenvalue weighted by Crippen LogP contribution is 2.31. The Hall–Kier alpha value is -2.89. The lowest BCUT2D eigenvalue weighted by molar-refractivity contribution is -0.136. The Morgan fingerprint density at radius 1 is 1.21 bits per heavy atom. The first-order valence-corrected chi connectivity index (χ1v) is 9.89. The zero-order valence-corrected chi connectivity index (χ0v) is 16.5. The van der Waals surface area contributed by atoms with Crippen molar-refractivity contribution < 1.29 is 9.21 Å². The van der Waals surface area contributed by atoms with Crippen LogP contribution >= 0.6 is 0 Å². The van der Waals surface area contributed by atoms with Gasteiger partial charge in [0.2, 0.25) is 11.8 Å². The molecule has 1 aliphatic heterocycles. The van der Waals surface area contributed by atoms with Crippen LogP contribution in [-0.4, -0.2) is 32.1 Å². The molecule has 1 atom stereocenters. The van der Waals surface area contributed by atoms with Crippen LogP contribution < -0.4 is 0 Å². The lowest BCUT2D eigenvalue weighted by atomic mass is 10.0. The number of aryl methyl sites for hydroxylation is 2. The fraction of sp³-hybridized carbons (Fsp3) is 0.409. The van der Waals surface area contributed by atoms with Crippen LogP contribution in [0.3, 0.4) is 0 Å². The monoisotopic (exact) mass is 378 g/mol. The first-order valence-electron chi connectivity index (χ1n) is 9.89. The van der Waals surface area contributed by atoms with Crippen molar-refractivity contribution in [1.29, 1.82) is 0 Å². The van der Waals surface area contributed by atoms with Crippen LogP contribution in [0.2, 0.25) is 0 Å². The van der Waals surface area contributed by atoms with Gasteiger partial charge < -0.3 is 9.32 Å². The van der Waals surface area contributed by atoms with Crippen molar-refractivity contribution in [2.45, 2.75) is 52.1 Å². The standard InChI is InChI=1S/C22H26N4O2/c1-16-12-17(2)26(24-16)15-21(27)25-11-7-6-10-20(25)22-23-14-19(28-22)13-18-8-4-3-5-9-18/h3-5,8-9,12,14,20H,6-7,10-11,13,15H2,1-2H3. The Morgan fingerprint density at radius 2 is 2.04 bits per heavy atom. The molecular weight excluding hydrogens is 352 g/mol. The number of piperidine rings is 1. The lowest BCUT2D eigenvalue weighted by Crippen LogP contribution is -2.40. The van der Waals surface area contributed by atoms with Crippen LogP contribution in [0.25, 0.3) is 0 Å². The third-order valence-corrected chi connectivity index (χ3v) is 5.29. The van der Waals surface area contributed by atoms with E-state index in [1.165, 1.54) is 5.56 Å². The van der Waals surface area contributed by atoms with Gasteiger partial charge in [0.25, 0.3) is 0 Å². The van der Waals surface area contributed by atoms with Gasteiger partial charge in [0.1, 0.15) is 18.3 Å². The van der Waals surface area contributed by atoms with Crippen molar-refractivity contribution in [2.75, 3.05) is 6.54 Å². The van der Waals surface area contributed by atoms with Crippen LogP contribution in [0.1, 0.15) is 53.9 Å². The third-order valence-electron chi connectivity index (χ3n) is 5.29. The molecule has 6 heteroatoms. The molecule has 1 aliphatic rings. The highest BCUT2D eigenvalue weighted by molar-refractivity contribution is 5.76. The maximum atomic E-state index is 13.0. The first-order chi connectivity index (χ1) is 13.6. The first kappa shape index (κ1) is 18.5.